The molecule has 1 rings (SSSR count). The fourth-order valence-electron chi connectivity index (χ4n) is 0.957. The van der Waals surface area contributed by atoms with Gasteiger partial charge in [-0.05, 0) is 18.2 Å². The van der Waals surface area contributed by atoms with Gasteiger partial charge in [0.05, 0.1) is 17.2 Å². The van der Waals surface area contributed by atoms with E-state index in [1.807, 2.05) is 0 Å². The van der Waals surface area contributed by atoms with E-state index in [9.17, 15) is 4.79 Å². The largest absolute Gasteiger partial charge is 0.459 e. The molecular formula is C10H10Cl2O4. The van der Waals surface area contributed by atoms with E-state index < -0.39 is 18.7 Å². The lowest BCUT2D eigenvalue weighted by Crippen LogP contribution is -2.22. The van der Waals surface area contributed by atoms with Crippen LogP contribution in [0.25, 0.3) is 0 Å². The molecule has 0 aromatic heterocycles. The Morgan fingerprint density at radius 2 is 2.12 bits per heavy atom. The predicted molar refractivity (Wildman–Crippen MR) is 59.8 cm³/mol. The number of ether oxygens (including phenoxy) is 1. The van der Waals surface area contributed by atoms with Crippen molar-refractivity contribution in [3.63, 3.8) is 0 Å². The van der Waals surface area contributed by atoms with Crippen LogP contribution >= 0.6 is 23.2 Å². The predicted octanol–water partition coefficient (Wildman–Crippen LogP) is 1.50. The third kappa shape index (κ3) is 3.64. The minimum atomic E-state index is -1.09. The van der Waals surface area contributed by atoms with Crippen molar-refractivity contribution < 1.29 is 19.7 Å². The van der Waals surface area contributed by atoms with Gasteiger partial charge in [0.1, 0.15) is 12.7 Å². The molecule has 2 N–H and O–H groups in total. The number of aliphatic hydroxyl groups is 2. The lowest BCUT2D eigenvalue weighted by Gasteiger charge is -2.09. The maximum atomic E-state index is 11.5. The van der Waals surface area contributed by atoms with Gasteiger partial charge >= 0.3 is 5.97 Å². The zero-order valence-corrected chi connectivity index (χ0v) is 9.70. The Morgan fingerprint density at radius 3 is 2.69 bits per heavy atom. The van der Waals surface area contributed by atoms with Gasteiger partial charge < -0.3 is 14.9 Å². The molecular weight excluding hydrogens is 255 g/mol. The minimum absolute atomic E-state index is 0.163. The number of rotatable bonds is 4. The molecule has 1 atom stereocenters. The molecule has 0 aliphatic carbocycles. The van der Waals surface area contributed by atoms with Crippen molar-refractivity contribution in [2.75, 3.05) is 13.2 Å². The van der Waals surface area contributed by atoms with Crippen LogP contribution in [0.4, 0.5) is 0 Å². The Kier molecular flexibility index (Phi) is 5.02. The van der Waals surface area contributed by atoms with Crippen LogP contribution in [0.1, 0.15) is 10.4 Å². The second-order valence-electron chi connectivity index (χ2n) is 3.06. The van der Waals surface area contributed by atoms with Gasteiger partial charge in [-0.3, -0.25) is 0 Å². The Hall–Kier alpha value is -0.810. The van der Waals surface area contributed by atoms with Crippen molar-refractivity contribution in [2.24, 2.45) is 0 Å². The van der Waals surface area contributed by atoms with Crippen LogP contribution in [0, 0.1) is 0 Å². The van der Waals surface area contributed by atoms with Gasteiger partial charge in [-0.25, -0.2) is 4.79 Å². The van der Waals surface area contributed by atoms with E-state index in [0.717, 1.165) is 0 Å². The van der Waals surface area contributed by atoms with Crippen LogP contribution in [0.5, 0.6) is 0 Å². The molecule has 88 valence electrons. The molecule has 6 heteroatoms. The van der Waals surface area contributed by atoms with Crippen LogP contribution < -0.4 is 0 Å². The third-order valence-corrected chi connectivity index (χ3v) is 2.32. The van der Waals surface area contributed by atoms with E-state index in [4.69, 9.17) is 38.2 Å². The molecule has 0 saturated carbocycles. The average molecular weight is 265 g/mol. The second-order valence-corrected chi connectivity index (χ2v) is 3.90. The van der Waals surface area contributed by atoms with E-state index in [1.54, 1.807) is 0 Å². The number of aliphatic hydroxyl groups excluding tert-OH is 2. The first kappa shape index (κ1) is 13.3. The normalized spacial score (nSPS) is 12.2. The molecule has 0 fully saturated rings. The van der Waals surface area contributed by atoms with Gasteiger partial charge in [0.2, 0.25) is 0 Å². The first-order chi connectivity index (χ1) is 7.54. The van der Waals surface area contributed by atoms with Gasteiger partial charge in [0.15, 0.2) is 0 Å². The number of carbonyl (C=O) groups is 1. The first-order valence-corrected chi connectivity index (χ1v) is 5.21. The highest BCUT2D eigenvalue weighted by Gasteiger charge is 2.13. The summed E-state index contributed by atoms with van der Waals surface area (Å²) >= 11 is 11.4. The van der Waals surface area contributed by atoms with Crippen LogP contribution in [0.15, 0.2) is 18.2 Å². The van der Waals surface area contributed by atoms with E-state index in [-0.39, 0.29) is 17.2 Å². The molecule has 4 nitrogen and oxygen atoms in total. The van der Waals surface area contributed by atoms with Gasteiger partial charge in [-0.2, -0.15) is 0 Å². The molecule has 0 heterocycles. The SMILES string of the molecule is O=C(OCC(O)CO)c1ccc(Cl)cc1Cl. The van der Waals surface area contributed by atoms with Crippen LogP contribution in [0.2, 0.25) is 10.0 Å². The topological polar surface area (TPSA) is 66.8 Å². The summed E-state index contributed by atoms with van der Waals surface area (Å²) in [7, 11) is 0. The van der Waals surface area contributed by atoms with Gasteiger partial charge in [0, 0.05) is 5.02 Å². The molecule has 0 aliphatic rings. The summed E-state index contributed by atoms with van der Waals surface area (Å²) in [6.45, 7) is -0.754. The Morgan fingerprint density at radius 1 is 1.44 bits per heavy atom. The summed E-state index contributed by atoms with van der Waals surface area (Å²) in [4.78, 5) is 11.5. The first-order valence-electron chi connectivity index (χ1n) is 4.45. The molecule has 16 heavy (non-hydrogen) atoms. The lowest BCUT2D eigenvalue weighted by atomic mass is 10.2. The van der Waals surface area contributed by atoms with E-state index in [1.165, 1.54) is 18.2 Å². The van der Waals surface area contributed by atoms with Crippen molar-refractivity contribution in [1.82, 2.24) is 0 Å². The Bertz CT molecular complexity index is 381. The number of halogens is 2. The van der Waals surface area contributed by atoms with Gasteiger partial charge in [0.25, 0.3) is 0 Å². The van der Waals surface area contributed by atoms with Crippen molar-refractivity contribution in [2.45, 2.75) is 6.10 Å². The number of hydrogen-bond acceptors (Lipinski definition) is 4. The van der Waals surface area contributed by atoms with Crippen molar-refractivity contribution in [3.05, 3.63) is 33.8 Å². The molecule has 0 aliphatic heterocycles. The molecule has 1 aromatic carbocycles. The summed E-state index contributed by atoms with van der Waals surface area (Å²) in [5.74, 6) is -0.672. The number of esters is 1. The molecule has 0 spiro atoms. The zero-order chi connectivity index (χ0) is 12.1. The highest BCUT2D eigenvalue weighted by atomic mass is 35.5. The molecule has 1 unspecified atom stereocenters. The molecule has 1 aromatic rings. The second kappa shape index (κ2) is 6.06. The van der Waals surface area contributed by atoms with E-state index >= 15 is 0 Å². The highest BCUT2D eigenvalue weighted by Crippen LogP contribution is 2.21. The summed E-state index contributed by atoms with van der Waals surface area (Å²) in [5.41, 5.74) is 0.163. The summed E-state index contributed by atoms with van der Waals surface area (Å²) in [5, 5.41) is 18.1. The standard InChI is InChI=1S/C10H10Cl2O4/c11-6-1-2-8(9(12)3-6)10(15)16-5-7(14)4-13/h1-3,7,13-14H,4-5H2. The zero-order valence-electron chi connectivity index (χ0n) is 8.19. The quantitative estimate of drug-likeness (QED) is 0.810. The summed E-state index contributed by atoms with van der Waals surface area (Å²) in [6, 6.07) is 4.35. The molecule has 0 radical (unpaired) electrons. The van der Waals surface area contributed by atoms with Crippen LogP contribution in [0.3, 0.4) is 0 Å². The molecule has 0 bridgehead atoms. The van der Waals surface area contributed by atoms with Crippen molar-refractivity contribution in [3.8, 4) is 0 Å². The highest BCUT2D eigenvalue weighted by molar-refractivity contribution is 6.36. The fourth-order valence-corrected chi connectivity index (χ4v) is 1.44. The fraction of sp³-hybridized carbons (Fsp3) is 0.300. The smallest absolute Gasteiger partial charge is 0.339 e. The summed E-state index contributed by atoms with van der Waals surface area (Å²) in [6.07, 6.45) is -1.09. The lowest BCUT2D eigenvalue weighted by molar-refractivity contribution is 0.00934. The third-order valence-electron chi connectivity index (χ3n) is 1.77. The maximum Gasteiger partial charge on any atom is 0.339 e. The average Bonchev–Trinajstić information content (AvgIpc) is 2.25. The van der Waals surface area contributed by atoms with Crippen LogP contribution in [-0.4, -0.2) is 35.5 Å². The Labute approximate surface area is 102 Å². The van der Waals surface area contributed by atoms with Gasteiger partial charge in [-0.1, -0.05) is 23.2 Å². The summed E-state index contributed by atoms with van der Waals surface area (Å²) < 4.78 is 4.72. The van der Waals surface area contributed by atoms with E-state index in [2.05, 4.69) is 0 Å². The molecule has 0 amide bonds. The van der Waals surface area contributed by atoms with Gasteiger partial charge in [-0.15, -0.1) is 0 Å². The Balaban J connectivity index is 2.66. The van der Waals surface area contributed by atoms with Crippen molar-refractivity contribution >= 4 is 29.2 Å². The van der Waals surface area contributed by atoms with E-state index in [0.29, 0.717) is 5.02 Å². The molecule has 0 saturated heterocycles. The number of hydrogen-bond donors (Lipinski definition) is 2. The number of benzene rings is 1. The van der Waals surface area contributed by atoms with Crippen molar-refractivity contribution in [1.29, 1.82) is 0 Å². The monoisotopic (exact) mass is 264 g/mol. The maximum absolute atomic E-state index is 11.5. The minimum Gasteiger partial charge on any atom is -0.459 e. The van der Waals surface area contributed by atoms with Crippen LogP contribution in [-0.2, 0) is 4.74 Å². The number of carbonyl (C=O) groups excluding carboxylic acids is 1.